The first kappa shape index (κ1) is 22.1. The summed E-state index contributed by atoms with van der Waals surface area (Å²) in [4.78, 5) is 44.5. The Bertz CT molecular complexity index is 1370. The molecule has 7 heteroatoms. The summed E-state index contributed by atoms with van der Waals surface area (Å²) in [6.07, 6.45) is 3.79. The SMILES string of the molecule is COc1ccc(NC(=O)[C@@H]2[C@@H]3C(=O)N(Cc4ccccc4)C(=O)[C@@H]3[C@H]3c4ccccc4C=CN23)cc1. The van der Waals surface area contributed by atoms with Gasteiger partial charge in [-0.25, -0.2) is 0 Å². The van der Waals surface area contributed by atoms with Gasteiger partial charge in [-0.1, -0.05) is 54.6 Å². The van der Waals surface area contributed by atoms with Gasteiger partial charge in [-0.05, 0) is 47.0 Å². The normalized spacial score (nSPS) is 23.8. The largest absolute Gasteiger partial charge is 0.497 e. The molecule has 0 saturated carbocycles. The summed E-state index contributed by atoms with van der Waals surface area (Å²) in [5.74, 6) is -1.58. The van der Waals surface area contributed by atoms with Crippen LogP contribution in [0, 0.1) is 11.8 Å². The quantitative estimate of drug-likeness (QED) is 0.563. The fraction of sp³-hybridized carbons (Fsp3) is 0.207. The van der Waals surface area contributed by atoms with E-state index in [1.807, 2.05) is 71.8 Å². The Balaban J connectivity index is 1.37. The second kappa shape index (κ2) is 8.68. The van der Waals surface area contributed by atoms with Crippen molar-refractivity contribution >= 4 is 29.5 Å². The number of rotatable bonds is 5. The first-order chi connectivity index (χ1) is 17.6. The Morgan fingerprint density at radius 1 is 0.889 bits per heavy atom. The minimum Gasteiger partial charge on any atom is -0.497 e. The number of benzene rings is 3. The molecule has 36 heavy (non-hydrogen) atoms. The zero-order valence-electron chi connectivity index (χ0n) is 19.7. The molecule has 3 amide bonds. The average Bonchev–Trinajstić information content (AvgIpc) is 3.38. The highest BCUT2D eigenvalue weighted by atomic mass is 16.5. The molecule has 2 fully saturated rings. The van der Waals surface area contributed by atoms with Crippen LogP contribution in [0.3, 0.4) is 0 Å². The van der Waals surface area contributed by atoms with Crippen LogP contribution in [0.1, 0.15) is 22.7 Å². The monoisotopic (exact) mass is 479 g/mol. The van der Waals surface area contributed by atoms with Crippen LogP contribution in [-0.4, -0.2) is 40.7 Å². The zero-order valence-corrected chi connectivity index (χ0v) is 19.7. The number of anilines is 1. The molecule has 7 nitrogen and oxygen atoms in total. The molecule has 3 heterocycles. The number of ether oxygens (including phenoxy) is 1. The smallest absolute Gasteiger partial charge is 0.247 e. The van der Waals surface area contributed by atoms with Crippen LogP contribution >= 0.6 is 0 Å². The number of carbonyl (C=O) groups is 3. The van der Waals surface area contributed by atoms with E-state index < -0.39 is 17.9 Å². The number of carbonyl (C=O) groups excluding carboxylic acids is 3. The fourth-order valence-electron chi connectivity index (χ4n) is 5.73. The topological polar surface area (TPSA) is 79.0 Å². The molecule has 0 radical (unpaired) electrons. The first-order valence-electron chi connectivity index (χ1n) is 12.0. The van der Waals surface area contributed by atoms with Crippen LogP contribution < -0.4 is 10.1 Å². The van der Waals surface area contributed by atoms with Crippen molar-refractivity contribution < 1.29 is 19.1 Å². The van der Waals surface area contributed by atoms with Crippen molar-refractivity contribution in [2.24, 2.45) is 11.8 Å². The Morgan fingerprint density at radius 2 is 1.58 bits per heavy atom. The molecule has 0 aliphatic carbocycles. The molecule has 6 rings (SSSR count). The molecule has 0 spiro atoms. The Kier molecular flexibility index (Phi) is 5.33. The average molecular weight is 480 g/mol. The van der Waals surface area contributed by atoms with Gasteiger partial charge in [0.25, 0.3) is 0 Å². The third kappa shape index (κ3) is 3.47. The van der Waals surface area contributed by atoms with Crippen molar-refractivity contribution in [3.05, 3.63) is 102 Å². The number of likely N-dealkylation sites (tertiary alicyclic amines) is 1. The molecule has 180 valence electrons. The van der Waals surface area contributed by atoms with Gasteiger partial charge < -0.3 is 15.0 Å². The summed E-state index contributed by atoms with van der Waals surface area (Å²) in [5, 5.41) is 2.95. The van der Waals surface area contributed by atoms with Gasteiger partial charge in [-0.2, -0.15) is 0 Å². The number of nitrogens with one attached hydrogen (secondary N) is 1. The van der Waals surface area contributed by atoms with Crippen molar-refractivity contribution in [3.8, 4) is 5.75 Å². The highest BCUT2D eigenvalue weighted by molar-refractivity contribution is 6.10. The number of amides is 3. The minimum atomic E-state index is -0.816. The highest BCUT2D eigenvalue weighted by Crippen LogP contribution is 2.52. The Labute approximate surface area is 209 Å². The third-order valence-corrected chi connectivity index (χ3v) is 7.36. The number of methoxy groups -OCH3 is 1. The van der Waals surface area contributed by atoms with Gasteiger partial charge in [-0.3, -0.25) is 19.3 Å². The fourth-order valence-corrected chi connectivity index (χ4v) is 5.73. The molecule has 0 unspecified atom stereocenters. The predicted octanol–water partition coefficient (Wildman–Crippen LogP) is 3.84. The van der Waals surface area contributed by atoms with E-state index in [1.165, 1.54) is 4.90 Å². The van der Waals surface area contributed by atoms with E-state index in [-0.39, 0.29) is 30.3 Å². The maximum Gasteiger partial charge on any atom is 0.247 e. The molecular formula is C29H25N3O4. The summed E-state index contributed by atoms with van der Waals surface area (Å²) >= 11 is 0. The summed E-state index contributed by atoms with van der Waals surface area (Å²) in [6, 6.07) is 23.1. The molecule has 3 aromatic carbocycles. The van der Waals surface area contributed by atoms with Crippen molar-refractivity contribution in [2.75, 3.05) is 12.4 Å². The third-order valence-electron chi connectivity index (χ3n) is 7.36. The molecule has 3 aliphatic heterocycles. The summed E-state index contributed by atoms with van der Waals surface area (Å²) < 4.78 is 5.20. The van der Waals surface area contributed by atoms with E-state index in [0.717, 1.165) is 16.7 Å². The Hall–Kier alpha value is -4.39. The summed E-state index contributed by atoms with van der Waals surface area (Å²) in [5.41, 5.74) is 3.42. The van der Waals surface area contributed by atoms with E-state index in [0.29, 0.717) is 11.4 Å². The van der Waals surface area contributed by atoms with Crippen molar-refractivity contribution in [1.82, 2.24) is 9.80 Å². The second-order valence-electron chi connectivity index (χ2n) is 9.30. The van der Waals surface area contributed by atoms with Crippen LogP contribution in [0.5, 0.6) is 5.75 Å². The molecule has 3 aromatic rings. The van der Waals surface area contributed by atoms with Gasteiger partial charge in [0.15, 0.2) is 0 Å². The van der Waals surface area contributed by atoms with Crippen LogP contribution in [-0.2, 0) is 20.9 Å². The van der Waals surface area contributed by atoms with Gasteiger partial charge in [0.1, 0.15) is 11.8 Å². The van der Waals surface area contributed by atoms with Crippen LogP contribution in [0.4, 0.5) is 5.69 Å². The van der Waals surface area contributed by atoms with Crippen LogP contribution in [0.25, 0.3) is 6.08 Å². The first-order valence-corrected chi connectivity index (χ1v) is 12.0. The number of imide groups is 1. The number of fused-ring (bicyclic) bond motifs is 5. The predicted molar refractivity (Wildman–Crippen MR) is 134 cm³/mol. The number of hydrogen-bond donors (Lipinski definition) is 1. The molecule has 3 aliphatic rings. The molecule has 0 aromatic heterocycles. The molecular weight excluding hydrogens is 454 g/mol. The van der Waals surface area contributed by atoms with E-state index in [9.17, 15) is 14.4 Å². The lowest BCUT2D eigenvalue weighted by Gasteiger charge is -2.35. The van der Waals surface area contributed by atoms with Crippen molar-refractivity contribution in [2.45, 2.75) is 18.6 Å². The highest BCUT2D eigenvalue weighted by Gasteiger charge is 2.64. The maximum atomic E-state index is 13.8. The summed E-state index contributed by atoms with van der Waals surface area (Å²) in [7, 11) is 1.58. The van der Waals surface area contributed by atoms with E-state index in [1.54, 1.807) is 31.4 Å². The molecule has 2 saturated heterocycles. The number of hydrogen-bond acceptors (Lipinski definition) is 5. The molecule has 4 atom stereocenters. The van der Waals surface area contributed by atoms with E-state index >= 15 is 0 Å². The molecule has 0 bridgehead atoms. The number of nitrogens with zero attached hydrogens (tertiary/aromatic N) is 2. The van der Waals surface area contributed by atoms with Gasteiger partial charge in [-0.15, -0.1) is 0 Å². The standard InChI is InChI=1S/C29H25N3O4/c1-36-21-13-11-20(12-14-21)30-27(33)26-24-23(25-22-10-6-5-9-19(22)15-16-31(25)26)28(34)32(29(24)35)17-18-7-3-2-4-8-18/h2-16,23-26H,17H2,1H3,(H,30,33)/t23-,24+,25+,26-/m0/s1. The van der Waals surface area contributed by atoms with E-state index in [2.05, 4.69) is 5.32 Å². The van der Waals surface area contributed by atoms with Gasteiger partial charge in [0.05, 0.1) is 31.5 Å². The van der Waals surface area contributed by atoms with Crippen molar-refractivity contribution in [1.29, 1.82) is 0 Å². The lowest BCUT2D eigenvalue weighted by atomic mass is 9.84. The van der Waals surface area contributed by atoms with Gasteiger partial charge in [0, 0.05) is 11.9 Å². The van der Waals surface area contributed by atoms with Crippen LogP contribution in [0.15, 0.2) is 85.1 Å². The lowest BCUT2D eigenvalue weighted by molar-refractivity contribution is -0.143. The van der Waals surface area contributed by atoms with Gasteiger partial charge in [0.2, 0.25) is 17.7 Å². The molecule has 1 N–H and O–H groups in total. The zero-order chi connectivity index (χ0) is 24.8. The lowest BCUT2D eigenvalue weighted by Crippen LogP contribution is -2.46. The van der Waals surface area contributed by atoms with E-state index in [4.69, 9.17) is 4.74 Å². The maximum absolute atomic E-state index is 13.8. The minimum absolute atomic E-state index is 0.197. The second-order valence-corrected chi connectivity index (χ2v) is 9.30. The summed E-state index contributed by atoms with van der Waals surface area (Å²) in [6.45, 7) is 0.197. The van der Waals surface area contributed by atoms with Crippen molar-refractivity contribution in [3.63, 3.8) is 0 Å². The Morgan fingerprint density at radius 3 is 2.33 bits per heavy atom. The van der Waals surface area contributed by atoms with Crippen LogP contribution in [0.2, 0.25) is 0 Å². The van der Waals surface area contributed by atoms with Gasteiger partial charge >= 0.3 is 0 Å².